The van der Waals surface area contributed by atoms with E-state index in [1.54, 1.807) is 12.1 Å². The van der Waals surface area contributed by atoms with E-state index in [1.807, 2.05) is 42.5 Å². The topological polar surface area (TPSA) is 129 Å². The number of benzene rings is 2. The molecule has 6 N–H and O–H groups in total. The van der Waals surface area contributed by atoms with Gasteiger partial charge in [-0.25, -0.2) is 9.97 Å². The molecule has 2 aromatic heterocycles. The quantitative estimate of drug-likeness (QED) is 0.423. The van der Waals surface area contributed by atoms with Gasteiger partial charge in [0.25, 0.3) is 0 Å². The minimum absolute atomic E-state index is 0.264. The number of hydrogen-bond acceptors (Lipinski definition) is 6. The first-order valence-electron chi connectivity index (χ1n) is 7.93. The highest BCUT2D eigenvalue weighted by atomic mass is 15.0. The minimum atomic E-state index is 0.264. The van der Waals surface area contributed by atoms with Crippen LogP contribution in [-0.2, 0) is 0 Å². The molecule has 0 spiro atoms. The van der Waals surface area contributed by atoms with Gasteiger partial charge in [0, 0.05) is 0 Å². The third-order valence-corrected chi connectivity index (χ3v) is 4.03. The van der Waals surface area contributed by atoms with E-state index in [-0.39, 0.29) is 5.82 Å². The number of hydrogen-bond donors (Lipinski definition) is 4. The van der Waals surface area contributed by atoms with Gasteiger partial charge in [0.1, 0.15) is 17.7 Å². The van der Waals surface area contributed by atoms with Crippen molar-refractivity contribution < 1.29 is 0 Å². The van der Waals surface area contributed by atoms with Crippen LogP contribution < -0.4 is 16.8 Å². The molecule has 0 fully saturated rings. The molecule has 0 saturated carbocycles. The number of rotatable bonds is 3. The highest BCUT2D eigenvalue weighted by Gasteiger charge is 2.15. The molecule has 0 aliphatic heterocycles. The van der Waals surface area contributed by atoms with E-state index in [0.29, 0.717) is 34.1 Å². The zero-order valence-corrected chi connectivity index (χ0v) is 13.7. The normalized spacial score (nSPS) is 10.6. The highest BCUT2D eigenvalue weighted by molar-refractivity contribution is 5.84. The lowest BCUT2D eigenvalue weighted by Gasteiger charge is -2.12. The number of nitrogens with two attached hydrogens (primary N) is 2. The van der Waals surface area contributed by atoms with E-state index < -0.39 is 0 Å². The summed E-state index contributed by atoms with van der Waals surface area (Å²) in [6, 6.07) is 18.7. The number of imidazole rings is 1. The second-order valence-electron chi connectivity index (χ2n) is 5.74. The van der Waals surface area contributed by atoms with Crippen molar-refractivity contribution in [2.24, 2.45) is 0 Å². The molecule has 0 amide bonds. The van der Waals surface area contributed by atoms with Crippen LogP contribution in [0.3, 0.4) is 0 Å². The number of aromatic amines is 1. The Morgan fingerprint density at radius 2 is 1.77 bits per heavy atom. The van der Waals surface area contributed by atoms with Gasteiger partial charge < -0.3 is 21.8 Å². The molecular formula is C19H15N7. The summed E-state index contributed by atoms with van der Waals surface area (Å²) in [6.45, 7) is 0. The fraction of sp³-hybridized carbons (Fsp3) is 0. The molecular weight excluding hydrogens is 326 g/mol. The van der Waals surface area contributed by atoms with Crippen LogP contribution in [-0.4, -0.2) is 15.0 Å². The molecule has 0 radical (unpaired) electrons. The molecule has 0 aliphatic carbocycles. The maximum absolute atomic E-state index is 9.54. The minimum Gasteiger partial charge on any atom is -0.397 e. The standard InChI is InChI=1S/C19H15N7/c20-10-11-9-12(19-24-15-7-3-4-8-16(15)25-19)17(22)26-18(11)23-14-6-2-1-5-13(14)21/h1-9H,21H2,(H,24,25)(H3,22,23,26). The van der Waals surface area contributed by atoms with E-state index in [9.17, 15) is 5.26 Å². The monoisotopic (exact) mass is 341 g/mol. The number of fused-ring (bicyclic) bond motifs is 1. The largest absolute Gasteiger partial charge is 0.397 e. The van der Waals surface area contributed by atoms with E-state index >= 15 is 0 Å². The molecule has 0 bridgehead atoms. The second-order valence-corrected chi connectivity index (χ2v) is 5.74. The lowest BCUT2D eigenvalue weighted by molar-refractivity contribution is 1.26. The summed E-state index contributed by atoms with van der Waals surface area (Å²) in [7, 11) is 0. The van der Waals surface area contributed by atoms with Gasteiger partial charge in [0.05, 0.1) is 33.5 Å². The number of para-hydroxylation sites is 4. The molecule has 0 atom stereocenters. The third kappa shape index (κ3) is 2.65. The summed E-state index contributed by atoms with van der Waals surface area (Å²) >= 11 is 0. The molecule has 7 heteroatoms. The van der Waals surface area contributed by atoms with Crippen molar-refractivity contribution in [2.45, 2.75) is 0 Å². The number of nitrogens with one attached hydrogen (secondary N) is 2. The van der Waals surface area contributed by atoms with Crippen molar-refractivity contribution in [2.75, 3.05) is 16.8 Å². The van der Waals surface area contributed by atoms with Crippen molar-refractivity contribution in [3.05, 3.63) is 60.2 Å². The number of nitrogens with zero attached hydrogens (tertiary/aromatic N) is 3. The van der Waals surface area contributed by atoms with Crippen LogP contribution in [0.25, 0.3) is 22.4 Å². The molecule has 0 saturated heterocycles. The van der Waals surface area contributed by atoms with Crippen LogP contribution in [0.4, 0.5) is 23.0 Å². The molecule has 26 heavy (non-hydrogen) atoms. The average molecular weight is 341 g/mol. The Hall–Kier alpha value is -4.05. The molecule has 4 aromatic rings. The van der Waals surface area contributed by atoms with Gasteiger partial charge in [0.2, 0.25) is 0 Å². The maximum Gasteiger partial charge on any atom is 0.150 e. The molecule has 0 aliphatic rings. The van der Waals surface area contributed by atoms with Gasteiger partial charge in [-0.1, -0.05) is 24.3 Å². The number of pyridine rings is 1. The van der Waals surface area contributed by atoms with Gasteiger partial charge in [-0.15, -0.1) is 0 Å². The van der Waals surface area contributed by atoms with E-state index in [1.165, 1.54) is 0 Å². The summed E-state index contributed by atoms with van der Waals surface area (Å²) in [5.41, 5.74) is 15.9. The maximum atomic E-state index is 9.54. The van der Waals surface area contributed by atoms with Gasteiger partial charge in [-0.05, 0) is 30.3 Å². The van der Waals surface area contributed by atoms with Crippen molar-refractivity contribution in [1.82, 2.24) is 15.0 Å². The smallest absolute Gasteiger partial charge is 0.150 e. The van der Waals surface area contributed by atoms with Gasteiger partial charge in [-0.2, -0.15) is 5.26 Å². The van der Waals surface area contributed by atoms with Crippen LogP contribution in [0.5, 0.6) is 0 Å². The molecule has 0 unspecified atom stereocenters. The lowest BCUT2D eigenvalue weighted by atomic mass is 10.1. The Morgan fingerprint density at radius 3 is 2.54 bits per heavy atom. The van der Waals surface area contributed by atoms with Crippen molar-refractivity contribution >= 4 is 34.0 Å². The van der Waals surface area contributed by atoms with Crippen LogP contribution in [0.2, 0.25) is 0 Å². The Labute approximate surface area is 149 Å². The van der Waals surface area contributed by atoms with Crippen LogP contribution in [0.1, 0.15) is 5.56 Å². The Kier molecular flexibility index (Phi) is 3.64. The van der Waals surface area contributed by atoms with Crippen LogP contribution in [0, 0.1) is 11.3 Å². The Balaban J connectivity index is 1.79. The van der Waals surface area contributed by atoms with Gasteiger partial charge in [-0.3, -0.25) is 0 Å². The first kappa shape index (κ1) is 15.5. The number of anilines is 4. The van der Waals surface area contributed by atoms with Crippen molar-refractivity contribution in [3.8, 4) is 17.5 Å². The van der Waals surface area contributed by atoms with E-state index in [2.05, 4.69) is 26.3 Å². The zero-order chi connectivity index (χ0) is 18.1. The molecule has 4 rings (SSSR count). The van der Waals surface area contributed by atoms with E-state index in [4.69, 9.17) is 11.5 Å². The second kappa shape index (κ2) is 6.11. The fourth-order valence-corrected chi connectivity index (χ4v) is 2.72. The van der Waals surface area contributed by atoms with Gasteiger partial charge in [0.15, 0.2) is 5.82 Å². The molecule has 2 heterocycles. The molecule has 2 aromatic carbocycles. The summed E-state index contributed by atoms with van der Waals surface area (Å²) < 4.78 is 0. The summed E-state index contributed by atoms with van der Waals surface area (Å²) in [5.74, 6) is 1.18. The fourth-order valence-electron chi connectivity index (χ4n) is 2.72. The van der Waals surface area contributed by atoms with Crippen LogP contribution >= 0.6 is 0 Å². The Morgan fingerprint density at radius 1 is 1.00 bits per heavy atom. The SMILES string of the molecule is N#Cc1cc(-c2nc3ccccc3[nH]2)c(N)nc1Nc1ccccc1N. The first-order chi connectivity index (χ1) is 12.7. The molecule has 7 nitrogen and oxygen atoms in total. The number of H-pyrrole nitrogens is 1. The summed E-state index contributed by atoms with van der Waals surface area (Å²) in [4.78, 5) is 12.1. The van der Waals surface area contributed by atoms with E-state index in [0.717, 1.165) is 11.0 Å². The van der Waals surface area contributed by atoms with Crippen LogP contribution in [0.15, 0.2) is 54.6 Å². The number of aromatic nitrogens is 3. The predicted molar refractivity (Wildman–Crippen MR) is 103 cm³/mol. The zero-order valence-electron chi connectivity index (χ0n) is 13.7. The van der Waals surface area contributed by atoms with Crippen molar-refractivity contribution in [3.63, 3.8) is 0 Å². The third-order valence-electron chi connectivity index (χ3n) is 4.03. The lowest BCUT2D eigenvalue weighted by Crippen LogP contribution is -2.04. The summed E-state index contributed by atoms with van der Waals surface area (Å²) in [5, 5.41) is 12.6. The highest BCUT2D eigenvalue weighted by Crippen LogP contribution is 2.30. The Bertz CT molecular complexity index is 1120. The molecule has 126 valence electrons. The van der Waals surface area contributed by atoms with Gasteiger partial charge >= 0.3 is 0 Å². The summed E-state index contributed by atoms with van der Waals surface area (Å²) in [6.07, 6.45) is 0. The number of nitrogen functional groups attached to an aromatic ring is 2. The first-order valence-corrected chi connectivity index (χ1v) is 7.93. The predicted octanol–water partition coefficient (Wildman–Crippen LogP) is 3.40. The number of nitriles is 1. The van der Waals surface area contributed by atoms with Crippen molar-refractivity contribution in [1.29, 1.82) is 5.26 Å². The average Bonchev–Trinajstić information content (AvgIpc) is 3.07.